The van der Waals surface area contributed by atoms with Crippen molar-refractivity contribution in [2.75, 3.05) is 0 Å². The molecular formula is C7H13N4O2+. The number of rotatable bonds is 2. The molecule has 72 valence electrons. The molecule has 0 saturated heterocycles. The Morgan fingerprint density at radius 1 is 1.54 bits per heavy atom. The highest BCUT2D eigenvalue weighted by atomic mass is 16.2. The first-order chi connectivity index (χ1) is 6.00. The van der Waals surface area contributed by atoms with Gasteiger partial charge in [0, 0.05) is 6.92 Å². The van der Waals surface area contributed by atoms with Gasteiger partial charge < -0.3 is 5.73 Å². The first kappa shape index (κ1) is 9.66. The van der Waals surface area contributed by atoms with Crippen LogP contribution in [0.1, 0.15) is 12.6 Å². The number of aromatic amines is 2. The molecule has 0 spiro atoms. The Morgan fingerprint density at radius 3 is 2.69 bits per heavy atom. The van der Waals surface area contributed by atoms with Crippen LogP contribution >= 0.6 is 0 Å². The molecule has 1 atom stereocenters. The number of nitrogens with zero attached hydrogens (tertiary/aromatic N) is 1. The molecule has 0 amide bonds. The van der Waals surface area contributed by atoms with Crippen molar-refractivity contribution in [3.8, 4) is 0 Å². The van der Waals surface area contributed by atoms with Crippen LogP contribution in [0.15, 0.2) is 9.59 Å². The third-order valence-corrected chi connectivity index (χ3v) is 1.67. The van der Waals surface area contributed by atoms with Gasteiger partial charge in [-0.15, -0.1) is 9.78 Å². The molecule has 0 aromatic carbocycles. The number of hydrogen-bond donors (Lipinski definition) is 3. The summed E-state index contributed by atoms with van der Waals surface area (Å²) in [6.07, 6.45) is 0. The minimum absolute atomic E-state index is 0.110. The summed E-state index contributed by atoms with van der Waals surface area (Å²) in [6, 6.07) is -0.110. The SMILES string of the molecule is Cc1c(=O)[nH]c(=O)[nH][n+]1CC(C)N. The molecule has 6 nitrogen and oxygen atoms in total. The van der Waals surface area contributed by atoms with Gasteiger partial charge in [0.15, 0.2) is 6.54 Å². The van der Waals surface area contributed by atoms with Crippen molar-refractivity contribution in [1.29, 1.82) is 0 Å². The van der Waals surface area contributed by atoms with E-state index >= 15 is 0 Å². The first-order valence-corrected chi connectivity index (χ1v) is 3.99. The van der Waals surface area contributed by atoms with Crippen LogP contribution in [-0.4, -0.2) is 16.1 Å². The first-order valence-electron chi connectivity index (χ1n) is 3.99. The maximum Gasteiger partial charge on any atom is 0.374 e. The van der Waals surface area contributed by atoms with E-state index in [1.54, 1.807) is 13.8 Å². The van der Waals surface area contributed by atoms with Crippen molar-refractivity contribution in [3.05, 3.63) is 26.5 Å². The molecule has 0 aliphatic heterocycles. The largest absolute Gasteiger partial charge is 0.374 e. The Balaban J connectivity index is 3.21. The van der Waals surface area contributed by atoms with Crippen molar-refractivity contribution in [3.63, 3.8) is 0 Å². The lowest BCUT2D eigenvalue weighted by molar-refractivity contribution is -0.762. The van der Waals surface area contributed by atoms with Crippen LogP contribution in [0.5, 0.6) is 0 Å². The van der Waals surface area contributed by atoms with Crippen molar-refractivity contribution in [2.24, 2.45) is 5.73 Å². The molecule has 0 fully saturated rings. The van der Waals surface area contributed by atoms with Crippen molar-refractivity contribution >= 4 is 0 Å². The highest BCUT2D eigenvalue weighted by molar-refractivity contribution is 4.80. The van der Waals surface area contributed by atoms with Gasteiger partial charge in [-0.2, -0.15) is 0 Å². The van der Waals surface area contributed by atoms with Gasteiger partial charge in [-0.1, -0.05) is 0 Å². The number of H-pyrrole nitrogens is 2. The molecule has 0 radical (unpaired) electrons. The topological polar surface area (TPSA) is 95.6 Å². The second-order valence-electron chi connectivity index (χ2n) is 3.07. The molecule has 1 rings (SSSR count). The van der Waals surface area contributed by atoms with E-state index in [4.69, 9.17) is 5.73 Å². The zero-order chi connectivity index (χ0) is 10.0. The summed E-state index contributed by atoms with van der Waals surface area (Å²) in [7, 11) is 0. The maximum atomic E-state index is 11.1. The number of nitrogens with one attached hydrogen (secondary N) is 2. The fourth-order valence-corrected chi connectivity index (χ4v) is 1.02. The molecule has 1 unspecified atom stereocenters. The van der Waals surface area contributed by atoms with Gasteiger partial charge in [-0.25, -0.2) is 4.79 Å². The maximum absolute atomic E-state index is 11.1. The summed E-state index contributed by atoms with van der Waals surface area (Å²) < 4.78 is 1.45. The van der Waals surface area contributed by atoms with Gasteiger partial charge >= 0.3 is 11.2 Å². The van der Waals surface area contributed by atoms with E-state index < -0.39 is 5.69 Å². The molecular weight excluding hydrogens is 172 g/mol. The quantitative estimate of drug-likeness (QED) is 0.465. The summed E-state index contributed by atoms with van der Waals surface area (Å²) >= 11 is 0. The number of aromatic nitrogens is 3. The van der Waals surface area contributed by atoms with Gasteiger partial charge in [0.1, 0.15) is 0 Å². The summed E-state index contributed by atoms with van der Waals surface area (Å²) in [5.41, 5.74) is 5.08. The zero-order valence-electron chi connectivity index (χ0n) is 7.63. The van der Waals surface area contributed by atoms with Crippen LogP contribution < -0.4 is 21.7 Å². The Morgan fingerprint density at radius 2 is 2.15 bits per heavy atom. The minimum atomic E-state index is -0.517. The second kappa shape index (κ2) is 3.53. The summed E-state index contributed by atoms with van der Waals surface area (Å²) in [5, 5.41) is 2.47. The zero-order valence-corrected chi connectivity index (χ0v) is 7.63. The predicted octanol–water partition coefficient (Wildman–Crippen LogP) is -1.99. The third-order valence-electron chi connectivity index (χ3n) is 1.67. The Hall–Kier alpha value is -1.43. The van der Waals surface area contributed by atoms with Crippen LogP contribution in [0.4, 0.5) is 0 Å². The molecule has 1 aromatic heterocycles. The molecule has 1 heterocycles. The van der Waals surface area contributed by atoms with Gasteiger partial charge in [-0.3, -0.25) is 9.78 Å². The molecule has 6 heteroatoms. The summed E-state index contributed by atoms with van der Waals surface area (Å²) in [5.74, 6) is 0. The van der Waals surface area contributed by atoms with E-state index in [1.165, 1.54) is 4.68 Å². The highest BCUT2D eigenvalue weighted by Crippen LogP contribution is 1.75. The van der Waals surface area contributed by atoms with Crippen molar-refractivity contribution in [1.82, 2.24) is 10.1 Å². The average Bonchev–Trinajstić information content (AvgIpc) is 1.98. The van der Waals surface area contributed by atoms with Crippen LogP contribution in [0.25, 0.3) is 0 Å². The molecule has 0 bridgehead atoms. The monoisotopic (exact) mass is 185 g/mol. The third kappa shape index (κ3) is 2.25. The van der Waals surface area contributed by atoms with E-state index in [0.29, 0.717) is 12.2 Å². The van der Waals surface area contributed by atoms with Gasteiger partial charge in [0.2, 0.25) is 0 Å². The normalized spacial score (nSPS) is 12.8. The van der Waals surface area contributed by atoms with Gasteiger partial charge in [-0.05, 0) is 6.92 Å². The lowest BCUT2D eigenvalue weighted by Gasteiger charge is -2.00. The number of nitrogens with two attached hydrogens (primary N) is 1. The highest BCUT2D eigenvalue weighted by Gasteiger charge is 2.13. The van der Waals surface area contributed by atoms with E-state index in [1.807, 2.05) is 0 Å². The molecule has 1 aromatic rings. The number of hydrogen-bond acceptors (Lipinski definition) is 3. The molecule has 0 saturated carbocycles. The summed E-state index contributed by atoms with van der Waals surface area (Å²) in [6.45, 7) is 3.84. The Kier molecular flexibility index (Phi) is 2.62. The van der Waals surface area contributed by atoms with Crippen LogP contribution in [0.2, 0.25) is 0 Å². The Bertz CT molecular complexity index is 404. The fraction of sp³-hybridized carbons (Fsp3) is 0.571. The average molecular weight is 185 g/mol. The lowest BCUT2D eigenvalue weighted by Crippen LogP contribution is -2.55. The van der Waals surface area contributed by atoms with Crippen LogP contribution in [-0.2, 0) is 6.54 Å². The fourth-order valence-electron chi connectivity index (χ4n) is 1.02. The molecule has 0 aliphatic carbocycles. The van der Waals surface area contributed by atoms with Gasteiger partial charge in [0.05, 0.1) is 6.04 Å². The van der Waals surface area contributed by atoms with E-state index in [-0.39, 0.29) is 11.6 Å². The summed E-state index contributed by atoms with van der Waals surface area (Å²) in [4.78, 5) is 24.1. The van der Waals surface area contributed by atoms with Gasteiger partial charge in [0.25, 0.3) is 5.69 Å². The van der Waals surface area contributed by atoms with Crippen molar-refractivity contribution in [2.45, 2.75) is 26.4 Å². The minimum Gasteiger partial charge on any atom is -0.323 e. The smallest absolute Gasteiger partial charge is 0.323 e. The van der Waals surface area contributed by atoms with E-state index in [9.17, 15) is 9.59 Å². The molecule has 13 heavy (non-hydrogen) atoms. The molecule has 4 N–H and O–H groups in total. The van der Waals surface area contributed by atoms with Crippen molar-refractivity contribution < 1.29 is 4.68 Å². The second-order valence-corrected chi connectivity index (χ2v) is 3.07. The van der Waals surface area contributed by atoms with Crippen LogP contribution in [0, 0.1) is 6.92 Å². The van der Waals surface area contributed by atoms with Crippen LogP contribution in [0.3, 0.4) is 0 Å². The lowest BCUT2D eigenvalue weighted by atomic mass is 10.3. The van der Waals surface area contributed by atoms with E-state index in [2.05, 4.69) is 10.1 Å². The standard InChI is InChI=1S/C7H12N4O2/c1-4(8)3-11-5(2)6(12)9-7(13)10-11/h4H,3,8H2,1-2H3,(H-,9,10,12,13)/p+1. The van der Waals surface area contributed by atoms with E-state index in [0.717, 1.165) is 0 Å². The molecule has 0 aliphatic rings. The Labute approximate surface area is 74.4 Å². The predicted molar refractivity (Wildman–Crippen MR) is 46.3 cm³/mol.